The molecular weight excluding hydrogens is 344 g/mol. The molecule has 1 saturated carbocycles. The molecule has 2 aliphatic rings. The number of benzene rings is 1. The minimum Gasteiger partial charge on any atom is -0.266 e. The molecule has 0 bridgehead atoms. The van der Waals surface area contributed by atoms with Crippen molar-refractivity contribution in [3.05, 3.63) is 59.1 Å². The smallest absolute Gasteiger partial charge is 0.266 e. The van der Waals surface area contributed by atoms with Crippen molar-refractivity contribution >= 4 is 33.2 Å². The average Bonchev–Trinajstić information content (AvgIpc) is 3.31. The molecule has 2 atom stereocenters. The second-order valence-corrected chi connectivity index (χ2v) is 7.89. The molecule has 0 radical (unpaired) electrons. The number of thiophene rings is 1. The Bertz CT molecular complexity index is 1060. The van der Waals surface area contributed by atoms with E-state index in [4.69, 9.17) is 0 Å². The number of fused-ring (bicyclic) bond motifs is 2. The van der Waals surface area contributed by atoms with E-state index in [0.29, 0.717) is 16.7 Å². The van der Waals surface area contributed by atoms with Gasteiger partial charge in [-0.1, -0.05) is 30.4 Å². The first-order valence-electron chi connectivity index (χ1n) is 8.79. The fourth-order valence-electron chi connectivity index (χ4n) is 3.74. The lowest BCUT2D eigenvalue weighted by Crippen LogP contribution is -2.35. The summed E-state index contributed by atoms with van der Waals surface area (Å²) in [6.45, 7) is 1.97. The number of hydrogen-bond acceptors (Lipinski definition) is 4. The van der Waals surface area contributed by atoms with E-state index < -0.39 is 0 Å². The summed E-state index contributed by atoms with van der Waals surface area (Å²) in [5, 5.41) is 9.98. The summed E-state index contributed by atoms with van der Waals surface area (Å²) in [7, 11) is 0. The predicted molar refractivity (Wildman–Crippen MR) is 104 cm³/mol. The van der Waals surface area contributed by atoms with Gasteiger partial charge in [0.15, 0.2) is 0 Å². The molecule has 2 aliphatic carbocycles. The summed E-state index contributed by atoms with van der Waals surface area (Å²) in [5.74, 6) is 0.990. The Labute approximate surface area is 155 Å². The molecule has 130 valence electrons. The van der Waals surface area contributed by atoms with Gasteiger partial charge in [0, 0.05) is 17.0 Å². The number of para-hydroxylation sites is 1. The lowest BCUT2D eigenvalue weighted by atomic mass is 9.74. The topological polar surface area (TPSA) is 59.3 Å². The van der Waals surface area contributed by atoms with Crippen molar-refractivity contribution in [1.82, 2.24) is 15.2 Å². The van der Waals surface area contributed by atoms with E-state index in [0.717, 1.165) is 40.2 Å². The molecule has 0 aliphatic heterocycles. The van der Waals surface area contributed by atoms with Crippen LogP contribution in [0.4, 0.5) is 0 Å². The summed E-state index contributed by atoms with van der Waals surface area (Å²) < 4.78 is 1.90. The minimum atomic E-state index is -0.150. The van der Waals surface area contributed by atoms with Gasteiger partial charge < -0.3 is 0 Å². The maximum absolute atomic E-state index is 12.6. The van der Waals surface area contributed by atoms with Gasteiger partial charge in [-0.15, -0.1) is 11.3 Å². The van der Waals surface area contributed by atoms with E-state index in [2.05, 4.69) is 27.8 Å². The number of allylic oxidation sites excluding steroid dienone is 2. The highest BCUT2D eigenvalue weighted by Crippen LogP contribution is 2.40. The molecule has 0 saturated heterocycles. The van der Waals surface area contributed by atoms with Crippen LogP contribution in [0.15, 0.2) is 53.7 Å². The van der Waals surface area contributed by atoms with E-state index in [1.807, 2.05) is 48.0 Å². The van der Waals surface area contributed by atoms with E-state index in [1.54, 1.807) is 0 Å². The van der Waals surface area contributed by atoms with Crippen LogP contribution in [0.1, 0.15) is 28.2 Å². The van der Waals surface area contributed by atoms with Crippen molar-refractivity contribution in [1.29, 1.82) is 0 Å². The van der Waals surface area contributed by atoms with Gasteiger partial charge in [-0.3, -0.25) is 4.79 Å². The largest absolute Gasteiger partial charge is 0.281 e. The Balaban J connectivity index is 1.42. The van der Waals surface area contributed by atoms with Crippen molar-refractivity contribution in [2.75, 3.05) is 0 Å². The van der Waals surface area contributed by atoms with E-state index in [1.165, 1.54) is 11.3 Å². The quantitative estimate of drug-likeness (QED) is 0.564. The Morgan fingerprint density at radius 2 is 2.19 bits per heavy atom. The number of carbonyl (C=O) groups is 1. The molecule has 3 aromatic rings. The highest BCUT2D eigenvalue weighted by atomic mass is 32.1. The number of rotatable bonds is 3. The maximum Gasteiger partial charge on any atom is 0.281 e. The number of hydrazone groups is 1. The third-order valence-corrected chi connectivity index (χ3v) is 6.33. The zero-order chi connectivity index (χ0) is 17.7. The molecule has 26 heavy (non-hydrogen) atoms. The molecule has 2 heterocycles. The van der Waals surface area contributed by atoms with Gasteiger partial charge in [0.2, 0.25) is 0 Å². The van der Waals surface area contributed by atoms with Gasteiger partial charge in [0.1, 0.15) is 4.83 Å². The van der Waals surface area contributed by atoms with Crippen molar-refractivity contribution in [3.8, 4) is 5.69 Å². The number of amides is 1. The number of nitrogens with zero attached hydrogens (tertiary/aromatic N) is 3. The standard InChI is InChI=1S/C20H18N4OS/c1-12-16-11-18(19(25)22-21-17-10-13-6-5-9-15(13)17)26-20(16)24(23-12)14-7-3-2-4-8-14/h2-5,7-9,11,13,15H,6,10H2,1H3,(H,22,25)/b21-17-. The zero-order valence-corrected chi connectivity index (χ0v) is 15.2. The van der Waals surface area contributed by atoms with Gasteiger partial charge >= 0.3 is 0 Å². The number of carbonyl (C=O) groups excluding carboxylic acids is 1. The Kier molecular flexibility index (Phi) is 3.53. The fourth-order valence-corrected chi connectivity index (χ4v) is 4.82. The molecule has 1 aromatic carbocycles. The van der Waals surface area contributed by atoms with Crippen LogP contribution in [0.3, 0.4) is 0 Å². The van der Waals surface area contributed by atoms with Crippen LogP contribution in [-0.4, -0.2) is 21.4 Å². The van der Waals surface area contributed by atoms with E-state index in [-0.39, 0.29) is 5.91 Å². The van der Waals surface area contributed by atoms with Gasteiger partial charge in [0.25, 0.3) is 5.91 Å². The van der Waals surface area contributed by atoms with Gasteiger partial charge in [-0.2, -0.15) is 10.2 Å². The molecule has 1 fully saturated rings. The van der Waals surface area contributed by atoms with Crippen molar-refractivity contribution in [2.45, 2.75) is 19.8 Å². The summed E-state index contributed by atoms with van der Waals surface area (Å²) in [6, 6.07) is 11.9. The molecule has 2 aromatic heterocycles. The van der Waals surface area contributed by atoms with E-state index >= 15 is 0 Å². The van der Waals surface area contributed by atoms with Gasteiger partial charge in [-0.05, 0) is 43.9 Å². The normalized spacial score (nSPS) is 22.6. The van der Waals surface area contributed by atoms with Crippen molar-refractivity contribution < 1.29 is 4.79 Å². The third-order valence-electron chi connectivity index (χ3n) is 5.22. The first kappa shape index (κ1) is 15.5. The molecule has 5 nitrogen and oxygen atoms in total. The molecule has 6 heteroatoms. The number of aromatic nitrogens is 2. The van der Waals surface area contributed by atoms with Gasteiger partial charge in [-0.25, -0.2) is 10.1 Å². The van der Waals surface area contributed by atoms with Crippen LogP contribution >= 0.6 is 11.3 Å². The average molecular weight is 362 g/mol. The number of nitrogens with one attached hydrogen (secondary N) is 1. The first-order chi connectivity index (χ1) is 12.7. The summed E-state index contributed by atoms with van der Waals surface area (Å²) in [6.07, 6.45) is 6.55. The Morgan fingerprint density at radius 3 is 3.00 bits per heavy atom. The zero-order valence-electron chi connectivity index (χ0n) is 14.3. The van der Waals surface area contributed by atoms with Crippen LogP contribution in [-0.2, 0) is 0 Å². The summed E-state index contributed by atoms with van der Waals surface area (Å²) in [4.78, 5) is 14.2. The highest BCUT2D eigenvalue weighted by Gasteiger charge is 2.38. The Morgan fingerprint density at radius 1 is 1.35 bits per heavy atom. The summed E-state index contributed by atoms with van der Waals surface area (Å²) >= 11 is 1.45. The second-order valence-electron chi connectivity index (χ2n) is 6.86. The summed E-state index contributed by atoms with van der Waals surface area (Å²) in [5.41, 5.74) is 5.74. The number of hydrogen-bond donors (Lipinski definition) is 1. The van der Waals surface area contributed by atoms with E-state index in [9.17, 15) is 4.79 Å². The monoisotopic (exact) mass is 362 g/mol. The molecule has 0 spiro atoms. The van der Waals surface area contributed by atoms with Crippen LogP contribution < -0.4 is 5.43 Å². The lowest BCUT2D eigenvalue weighted by Gasteiger charge is -2.31. The molecule has 1 N–H and O–H groups in total. The second kappa shape index (κ2) is 5.92. The fraction of sp³-hybridized carbons (Fsp3) is 0.250. The van der Waals surface area contributed by atoms with Crippen LogP contribution in [0.2, 0.25) is 0 Å². The predicted octanol–water partition coefficient (Wildman–Crippen LogP) is 4.08. The first-order valence-corrected chi connectivity index (χ1v) is 9.60. The third kappa shape index (κ3) is 2.41. The van der Waals surface area contributed by atoms with Crippen molar-refractivity contribution in [3.63, 3.8) is 0 Å². The maximum atomic E-state index is 12.6. The molecule has 5 rings (SSSR count). The van der Waals surface area contributed by atoms with Gasteiger partial charge in [0.05, 0.1) is 16.3 Å². The highest BCUT2D eigenvalue weighted by molar-refractivity contribution is 7.20. The SMILES string of the molecule is Cc1nn(-c2ccccc2)c2sc(C(=O)N/N=C3/CC4CC=CC34)cc12. The van der Waals surface area contributed by atoms with Crippen LogP contribution in [0.25, 0.3) is 15.9 Å². The minimum absolute atomic E-state index is 0.150. The van der Waals surface area contributed by atoms with Crippen LogP contribution in [0.5, 0.6) is 0 Å². The molecule has 2 unspecified atom stereocenters. The lowest BCUT2D eigenvalue weighted by molar-refractivity contribution is 0.0958. The Hall–Kier alpha value is -2.73. The van der Waals surface area contributed by atoms with Crippen molar-refractivity contribution in [2.24, 2.45) is 16.9 Å². The van der Waals surface area contributed by atoms with Crippen LogP contribution in [0, 0.1) is 18.8 Å². The molecule has 1 amide bonds. The number of aryl methyl sites for hydroxylation is 1. The molecular formula is C20H18N4OS.